The Morgan fingerprint density at radius 1 is 1.16 bits per heavy atom. The zero-order valence-electron chi connectivity index (χ0n) is 25.2. The molecule has 0 radical (unpaired) electrons. The molecule has 3 aliphatic heterocycles. The van der Waals surface area contributed by atoms with Crippen molar-refractivity contribution in [2.24, 2.45) is 28.6 Å². The minimum absolute atomic E-state index is 0.0299. The SMILES string of the molecule is C=C1[C@@H]2[C@@H](O)[C@H](OC(=O)[C@H](O)[C@H](C)CC)[C@@]3(C)[C@H](c4ccoc4)CC(=O)[C@]13O[C@H]1CC(=O)O[C@]3(C)COC(=O)C[C@@H]3[C@]12C. The van der Waals surface area contributed by atoms with Gasteiger partial charge in [0.2, 0.25) is 0 Å². The van der Waals surface area contributed by atoms with Crippen molar-refractivity contribution < 1.29 is 52.8 Å². The van der Waals surface area contributed by atoms with Crippen LogP contribution < -0.4 is 0 Å². The highest BCUT2D eigenvalue weighted by atomic mass is 16.6. The quantitative estimate of drug-likeness (QED) is 0.291. The molecular formula is C32H40O11. The van der Waals surface area contributed by atoms with Crippen LogP contribution in [0.2, 0.25) is 0 Å². The smallest absolute Gasteiger partial charge is 0.335 e. The van der Waals surface area contributed by atoms with E-state index in [1.54, 1.807) is 26.8 Å². The molecule has 11 nitrogen and oxygen atoms in total. The molecule has 3 saturated heterocycles. The van der Waals surface area contributed by atoms with Crippen molar-refractivity contribution >= 4 is 23.7 Å². The van der Waals surface area contributed by atoms with Gasteiger partial charge in [0.15, 0.2) is 17.5 Å². The summed E-state index contributed by atoms with van der Waals surface area (Å²) >= 11 is 0. The van der Waals surface area contributed by atoms with Gasteiger partial charge in [-0.25, -0.2) is 4.79 Å². The van der Waals surface area contributed by atoms with Gasteiger partial charge in [0, 0.05) is 29.6 Å². The van der Waals surface area contributed by atoms with E-state index in [-0.39, 0.29) is 31.7 Å². The molecular weight excluding hydrogens is 560 g/mol. The molecule has 2 N–H and O–H groups in total. The Labute approximate surface area is 249 Å². The second kappa shape index (κ2) is 9.74. The maximum atomic E-state index is 14.4. The molecule has 5 fully saturated rings. The van der Waals surface area contributed by atoms with Crippen LogP contribution in [0, 0.1) is 28.6 Å². The fourth-order valence-corrected chi connectivity index (χ4v) is 9.20. The highest BCUT2D eigenvalue weighted by Crippen LogP contribution is 2.72. The molecule has 1 aromatic heterocycles. The highest BCUT2D eigenvalue weighted by molar-refractivity contribution is 5.97. The van der Waals surface area contributed by atoms with E-state index in [1.807, 2.05) is 13.8 Å². The first-order valence-electron chi connectivity index (χ1n) is 15.0. The number of fused-ring (bicyclic) bond motifs is 5. The second-order valence-electron chi connectivity index (χ2n) is 13.8. The number of hydrogen-bond acceptors (Lipinski definition) is 11. The third-order valence-electron chi connectivity index (χ3n) is 11.7. The first kappa shape index (κ1) is 30.0. The van der Waals surface area contributed by atoms with Gasteiger partial charge >= 0.3 is 17.9 Å². The van der Waals surface area contributed by atoms with Gasteiger partial charge in [-0.05, 0) is 30.0 Å². The Balaban J connectivity index is 1.56. The van der Waals surface area contributed by atoms with Crippen molar-refractivity contribution in [1.29, 1.82) is 0 Å². The zero-order chi connectivity index (χ0) is 31.3. The van der Waals surface area contributed by atoms with Gasteiger partial charge in [-0.3, -0.25) is 14.4 Å². The number of carbonyl (C=O) groups is 4. The lowest BCUT2D eigenvalue weighted by Crippen LogP contribution is -2.76. The first-order chi connectivity index (χ1) is 20.2. The van der Waals surface area contributed by atoms with Crippen LogP contribution in [0.15, 0.2) is 35.2 Å². The van der Waals surface area contributed by atoms with Crippen LogP contribution in [0.1, 0.15) is 71.8 Å². The molecule has 2 saturated carbocycles. The molecule has 0 unspecified atom stereocenters. The van der Waals surface area contributed by atoms with Crippen LogP contribution in [0.4, 0.5) is 0 Å². The van der Waals surface area contributed by atoms with E-state index in [0.717, 1.165) is 0 Å². The highest BCUT2D eigenvalue weighted by Gasteiger charge is 2.81. The van der Waals surface area contributed by atoms with Crippen molar-refractivity contribution in [3.8, 4) is 0 Å². The van der Waals surface area contributed by atoms with Gasteiger partial charge in [0.1, 0.15) is 18.3 Å². The lowest BCUT2D eigenvalue weighted by molar-refractivity contribution is -0.296. The predicted molar refractivity (Wildman–Crippen MR) is 147 cm³/mol. The molecule has 12 atom stereocenters. The van der Waals surface area contributed by atoms with E-state index in [9.17, 15) is 29.4 Å². The number of ether oxygens (including phenoxy) is 4. The average Bonchev–Trinajstić information content (AvgIpc) is 3.54. The molecule has 0 aromatic carbocycles. The molecule has 11 heteroatoms. The Bertz CT molecular complexity index is 1370. The Morgan fingerprint density at radius 2 is 1.88 bits per heavy atom. The Morgan fingerprint density at radius 3 is 2.53 bits per heavy atom. The van der Waals surface area contributed by atoms with Crippen LogP contribution in [0.25, 0.3) is 0 Å². The summed E-state index contributed by atoms with van der Waals surface area (Å²) in [6, 6.07) is 1.71. The summed E-state index contributed by atoms with van der Waals surface area (Å²) in [5.74, 6) is -4.98. The molecule has 1 spiro atoms. The lowest BCUT2D eigenvalue weighted by Gasteiger charge is -2.67. The summed E-state index contributed by atoms with van der Waals surface area (Å²) in [4.78, 5) is 53.8. The molecule has 43 heavy (non-hydrogen) atoms. The molecule has 234 valence electrons. The third kappa shape index (κ3) is 3.77. The van der Waals surface area contributed by atoms with E-state index < -0.39 is 88.0 Å². The van der Waals surface area contributed by atoms with E-state index in [0.29, 0.717) is 17.6 Å². The summed E-state index contributed by atoms with van der Waals surface area (Å²) in [5, 5.41) is 23.3. The van der Waals surface area contributed by atoms with Crippen LogP contribution in [0.3, 0.4) is 0 Å². The Kier molecular flexibility index (Phi) is 6.80. The van der Waals surface area contributed by atoms with Crippen LogP contribution in [-0.4, -0.2) is 76.1 Å². The number of Topliss-reactive ketones (excluding diaryl/α,β-unsaturated/α-hetero) is 1. The summed E-state index contributed by atoms with van der Waals surface area (Å²) in [6.45, 7) is 13.0. The normalized spacial score (nSPS) is 45.1. The van der Waals surface area contributed by atoms with E-state index >= 15 is 0 Å². The fourth-order valence-electron chi connectivity index (χ4n) is 9.20. The maximum Gasteiger partial charge on any atom is 0.335 e. The standard InChI is InChI=1S/C32H40O11/c1-7-15(2)25(36)28(38)41-27-26(37)24-16(3)32(20(33)10-18(31(27,32)6)17-8-9-39-13-17)42-21-12-23(35)43-29(4)14-40-22(34)11-19(29)30(21,24)5/h8-9,13,15,18-19,21,24-27,36-37H,3,7,10-12,14H2,1-2,4-6H3/t15-,18+,19+,21+,24-,25-,26-,27+,29-,30-,31-,32-/m1/s1. The zero-order valence-corrected chi connectivity index (χ0v) is 25.2. The molecule has 5 aliphatic rings. The lowest BCUT2D eigenvalue weighted by atomic mass is 9.44. The number of esters is 3. The molecule has 2 bridgehead atoms. The minimum Gasteiger partial charge on any atom is -0.472 e. The number of ketones is 1. The number of hydrogen-bond donors (Lipinski definition) is 2. The molecule has 6 rings (SSSR count). The van der Waals surface area contributed by atoms with Crippen molar-refractivity contribution in [2.75, 3.05) is 6.61 Å². The molecule has 2 aliphatic carbocycles. The van der Waals surface area contributed by atoms with Crippen LogP contribution >= 0.6 is 0 Å². The monoisotopic (exact) mass is 600 g/mol. The van der Waals surface area contributed by atoms with Gasteiger partial charge < -0.3 is 33.6 Å². The van der Waals surface area contributed by atoms with E-state index in [1.165, 1.54) is 12.5 Å². The van der Waals surface area contributed by atoms with Crippen molar-refractivity contribution in [1.82, 2.24) is 0 Å². The molecule has 4 heterocycles. The molecule has 0 amide bonds. The van der Waals surface area contributed by atoms with Crippen molar-refractivity contribution in [3.63, 3.8) is 0 Å². The van der Waals surface area contributed by atoms with E-state index in [2.05, 4.69) is 6.58 Å². The van der Waals surface area contributed by atoms with Gasteiger partial charge in [-0.1, -0.05) is 40.7 Å². The van der Waals surface area contributed by atoms with Crippen molar-refractivity contribution in [3.05, 3.63) is 36.3 Å². The summed E-state index contributed by atoms with van der Waals surface area (Å²) < 4.78 is 29.6. The fraction of sp³-hybridized carbons (Fsp3) is 0.688. The van der Waals surface area contributed by atoms with Gasteiger partial charge in [-0.15, -0.1) is 0 Å². The third-order valence-corrected chi connectivity index (χ3v) is 11.7. The second-order valence-corrected chi connectivity index (χ2v) is 13.8. The number of furan rings is 1. The maximum absolute atomic E-state index is 14.4. The molecule has 1 aromatic rings. The summed E-state index contributed by atoms with van der Waals surface area (Å²) in [7, 11) is 0. The number of carbonyl (C=O) groups excluding carboxylic acids is 4. The van der Waals surface area contributed by atoms with Crippen molar-refractivity contribution in [2.45, 2.75) is 102 Å². The minimum atomic E-state index is -1.76. The first-order valence-corrected chi connectivity index (χ1v) is 15.0. The van der Waals surface area contributed by atoms with Crippen LogP contribution in [-0.2, 0) is 38.1 Å². The summed E-state index contributed by atoms with van der Waals surface area (Å²) in [5.41, 5.74) is -4.61. The largest absolute Gasteiger partial charge is 0.472 e. The van der Waals surface area contributed by atoms with Gasteiger partial charge in [0.25, 0.3) is 0 Å². The topological polar surface area (TPSA) is 159 Å². The van der Waals surface area contributed by atoms with E-state index in [4.69, 9.17) is 23.4 Å². The predicted octanol–water partition coefficient (Wildman–Crippen LogP) is 2.62. The number of cyclic esters (lactones) is 1. The van der Waals surface area contributed by atoms with Gasteiger partial charge in [-0.2, -0.15) is 0 Å². The number of rotatable bonds is 5. The average molecular weight is 601 g/mol. The van der Waals surface area contributed by atoms with Gasteiger partial charge in [0.05, 0.1) is 43.0 Å². The summed E-state index contributed by atoms with van der Waals surface area (Å²) in [6.07, 6.45) is -2.08. The Hall–Kier alpha value is -3.02. The van der Waals surface area contributed by atoms with Crippen LogP contribution in [0.5, 0.6) is 0 Å². The number of aliphatic hydroxyl groups excluding tert-OH is 2. The number of aliphatic hydroxyl groups is 2.